The third-order valence-corrected chi connectivity index (χ3v) is 9.23. The van der Waals surface area contributed by atoms with E-state index in [4.69, 9.17) is 25.0 Å². The van der Waals surface area contributed by atoms with Crippen molar-refractivity contribution in [3.63, 3.8) is 0 Å². The number of aryl methyl sites for hydroxylation is 2. The predicted molar refractivity (Wildman–Crippen MR) is 144 cm³/mol. The fraction of sp³-hybridized carbons (Fsp3) is 0.630. The van der Waals surface area contributed by atoms with Crippen LogP contribution in [0.5, 0.6) is 0 Å². The minimum Gasteiger partial charge on any atom is -0.475 e. The summed E-state index contributed by atoms with van der Waals surface area (Å²) in [6, 6.07) is 4.02. The van der Waals surface area contributed by atoms with Gasteiger partial charge in [0.1, 0.15) is 11.5 Å². The second-order valence-electron chi connectivity index (χ2n) is 12.0. The van der Waals surface area contributed by atoms with Gasteiger partial charge in [-0.15, -0.1) is 0 Å². The predicted octanol–water partition coefficient (Wildman–Crippen LogP) is 7.11. The maximum absolute atomic E-state index is 10.6. The van der Waals surface area contributed by atoms with Crippen molar-refractivity contribution >= 4 is 25.1 Å². The lowest BCUT2D eigenvalue weighted by molar-refractivity contribution is -0.192. The van der Waals surface area contributed by atoms with Crippen LogP contribution >= 0.6 is 0 Å². The number of hydrogen-bond acceptors (Lipinski definition) is 4. The molecule has 2 aliphatic carbocycles. The Kier molecular flexibility index (Phi) is 8.34. The van der Waals surface area contributed by atoms with Crippen molar-refractivity contribution in [1.82, 2.24) is 24.3 Å². The van der Waals surface area contributed by atoms with Crippen LogP contribution in [0.2, 0.25) is 25.7 Å². The Labute approximate surface area is 222 Å². The van der Waals surface area contributed by atoms with Gasteiger partial charge in [0.15, 0.2) is 0 Å². The maximum Gasteiger partial charge on any atom is 0.490 e. The van der Waals surface area contributed by atoms with E-state index in [-0.39, 0.29) is 0 Å². The molecule has 2 fully saturated rings. The van der Waals surface area contributed by atoms with Crippen LogP contribution in [0, 0.1) is 18.8 Å². The number of carboxylic acid groups (broad SMARTS) is 1. The van der Waals surface area contributed by atoms with Gasteiger partial charge in [0.2, 0.25) is 0 Å². The molecule has 2 aliphatic rings. The summed E-state index contributed by atoms with van der Waals surface area (Å²) in [6.45, 7) is 10.3. The molecule has 1 atom stereocenters. The molecular formula is C27H38F3N5O2Si. The smallest absolute Gasteiger partial charge is 0.475 e. The largest absolute Gasteiger partial charge is 0.490 e. The van der Waals surface area contributed by atoms with Crippen molar-refractivity contribution in [3.05, 3.63) is 30.5 Å². The number of halogens is 3. The normalized spacial score (nSPS) is 17.4. The lowest BCUT2D eigenvalue weighted by Gasteiger charge is -2.24. The van der Waals surface area contributed by atoms with Crippen molar-refractivity contribution in [3.8, 4) is 11.3 Å². The lowest BCUT2D eigenvalue weighted by atomic mass is 9.93. The summed E-state index contributed by atoms with van der Waals surface area (Å²) >= 11 is 0. The Hall–Kier alpha value is -2.69. The van der Waals surface area contributed by atoms with Crippen molar-refractivity contribution < 1.29 is 23.1 Å². The van der Waals surface area contributed by atoms with Gasteiger partial charge in [-0.3, -0.25) is 4.68 Å². The van der Waals surface area contributed by atoms with Gasteiger partial charge >= 0.3 is 12.1 Å². The summed E-state index contributed by atoms with van der Waals surface area (Å²) in [5, 5.41) is 13.2. The quantitative estimate of drug-likeness (QED) is 0.303. The number of aliphatic carboxylic acids is 1. The molecule has 3 aromatic rings. The number of carbonyl (C=O) groups is 1. The van der Waals surface area contributed by atoms with Gasteiger partial charge in [-0.05, 0) is 50.1 Å². The summed E-state index contributed by atoms with van der Waals surface area (Å²) in [5.74, 6) is -0.198. The zero-order chi connectivity index (χ0) is 27.7. The minimum atomic E-state index is -5.08. The van der Waals surface area contributed by atoms with Crippen LogP contribution in [0.4, 0.5) is 13.2 Å². The molecule has 0 bridgehead atoms. The summed E-state index contributed by atoms with van der Waals surface area (Å²) in [7, 11) is -1.10. The van der Waals surface area contributed by atoms with Crippen LogP contribution in [-0.2, 0) is 11.3 Å². The van der Waals surface area contributed by atoms with Crippen LogP contribution in [0.15, 0.2) is 24.7 Å². The molecule has 1 unspecified atom stereocenters. The van der Waals surface area contributed by atoms with Crippen molar-refractivity contribution in [2.24, 2.45) is 11.8 Å². The zero-order valence-corrected chi connectivity index (χ0v) is 23.6. The second kappa shape index (κ2) is 11.2. The van der Waals surface area contributed by atoms with Gasteiger partial charge in [0.25, 0.3) is 0 Å². The molecule has 0 amide bonds. The van der Waals surface area contributed by atoms with Gasteiger partial charge in [0.05, 0.1) is 17.9 Å². The average molecular weight is 550 g/mol. The van der Waals surface area contributed by atoms with E-state index in [1.54, 1.807) is 0 Å². The number of carboxylic acids is 1. The van der Waals surface area contributed by atoms with E-state index in [1.165, 1.54) is 51.0 Å². The van der Waals surface area contributed by atoms with E-state index in [2.05, 4.69) is 47.3 Å². The summed E-state index contributed by atoms with van der Waals surface area (Å²) < 4.78 is 36.3. The van der Waals surface area contributed by atoms with Gasteiger partial charge in [-0.25, -0.2) is 14.8 Å². The molecule has 0 aliphatic heterocycles. The second-order valence-corrected chi connectivity index (χ2v) is 17.6. The summed E-state index contributed by atoms with van der Waals surface area (Å²) in [5.41, 5.74) is 3.24. The van der Waals surface area contributed by atoms with Crippen molar-refractivity contribution in [2.45, 2.75) is 96.3 Å². The Bertz CT molecular complexity index is 1250. The minimum absolute atomic E-state index is 0.559. The van der Waals surface area contributed by atoms with E-state index in [0.717, 1.165) is 46.5 Å². The van der Waals surface area contributed by atoms with Gasteiger partial charge in [0, 0.05) is 38.0 Å². The molecule has 0 saturated heterocycles. The zero-order valence-electron chi connectivity index (χ0n) is 22.6. The van der Waals surface area contributed by atoms with Crippen LogP contribution in [0.3, 0.4) is 0 Å². The van der Waals surface area contributed by atoms with E-state index in [0.29, 0.717) is 6.04 Å². The summed E-state index contributed by atoms with van der Waals surface area (Å²) in [6.07, 6.45) is 11.0. The lowest BCUT2D eigenvalue weighted by Crippen LogP contribution is -2.21. The molecule has 1 N–H and O–H groups in total. The monoisotopic (exact) mass is 549 g/mol. The highest BCUT2D eigenvalue weighted by Gasteiger charge is 2.38. The highest BCUT2D eigenvalue weighted by atomic mass is 28.3. The molecule has 7 nitrogen and oxygen atoms in total. The SMILES string of the molecule is Cc1nc(-c2cnn(C(CC3CC3)C3CCCC3)c2)c2ccn(CC[Si](C)(C)C)c2n1.O=C(O)C(F)(F)F. The Morgan fingerprint density at radius 3 is 2.39 bits per heavy atom. The Balaban J connectivity index is 0.000000426. The molecule has 11 heteroatoms. The third kappa shape index (κ3) is 7.24. The molecular weight excluding hydrogens is 511 g/mol. The Morgan fingerprint density at radius 1 is 1.16 bits per heavy atom. The molecule has 0 spiro atoms. The number of aromatic nitrogens is 5. The average Bonchev–Trinajstić information content (AvgIpc) is 3.22. The first-order valence-corrected chi connectivity index (χ1v) is 17.2. The maximum atomic E-state index is 10.6. The van der Waals surface area contributed by atoms with E-state index < -0.39 is 20.2 Å². The number of fused-ring (bicyclic) bond motifs is 1. The third-order valence-electron chi connectivity index (χ3n) is 7.51. The molecule has 3 aromatic heterocycles. The van der Waals surface area contributed by atoms with Crippen LogP contribution < -0.4 is 0 Å². The molecule has 5 rings (SSSR count). The fourth-order valence-corrected chi connectivity index (χ4v) is 6.14. The topological polar surface area (TPSA) is 85.8 Å². The Morgan fingerprint density at radius 2 is 1.82 bits per heavy atom. The van der Waals surface area contributed by atoms with Crippen molar-refractivity contribution in [2.75, 3.05) is 0 Å². The summed E-state index contributed by atoms with van der Waals surface area (Å²) in [4.78, 5) is 18.6. The molecule has 208 valence electrons. The van der Waals surface area contributed by atoms with Crippen LogP contribution in [-0.4, -0.2) is 49.6 Å². The molecule has 3 heterocycles. The molecule has 38 heavy (non-hydrogen) atoms. The van der Waals surface area contributed by atoms with Gasteiger partial charge < -0.3 is 9.67 Å². The van der Waals surface area contributed by atoms with E-state index in [9.17, 15) is 13.2 Å². The standard InChI is InChI=1S/C25H37N5Si.C2HF3O2/c1-18-27-24(22-11-12-29(25(22)28-18)13-14-31(2,3)4)21-16-26-30(17-21)23(15-19-9-10-19)20-7-5-6-8-20;3-2(4,5)1(6)7/h11-12,16-17,19-20,23H,5-10,13-15H2,1-4H3;(H,6,7). The number of nitrogens with zero attached hydrogens (tertiary/aromatic N) is 5. The highest BCUT2D eigenvalue weighted by molar-refractivity contribution is 6.76. The van der Waals surface area contributed by atoms with Crippen molar-refractivity contribution in [1.29, 1.82) is 0 Å². The highest BCUT2D eigenvalue weighted by Crippen LogP contribution is 2.44. The first-order chi connectivity index (χ1) is 17.8. The van der Waals surface area contributed by atoms with Crippen LogP contribution in [0.1, 0.15) is 56.8 Å². The van der Waals surface area contributed by atoms with Crippen LogP contribution in [0.25, 0.3) is 22.3 Å². The van der Waals surface area contributed by atoms with E-state index in [1.807, 2.05) is 13.1 Å². The first kappa shape index (κ1) is 28.3. The number of alkyl halides is 3. The van der Waals surface area contributed by atoms with Gasteiger partial charge in [-0.1, -0.05) is 45.3 Å². The number of hydrogen-bond donors (Lipinski definition) is 1. The van der Waals surface area contributed by atoms with Gasteiger partial charge in [-0.2, -0.15) is 18.3 Å². The van der Waals surface area contributed by atoms with E-state index >= 15 is 0 Å². The number of rotatable bonds is 8. The fourth-order valence-electron chi connectivity index (χ4n) is 5.23. The molecule has 0 aromatic carbocycles. The molecule has 0 radical (unpaired) electrons. The first-order valence-electron chi connectivity index (χ1n) is 13.5. The molecule has 2 saturated carbocycles.